The van der Waals surface area contributed by atoms with Crippen molar-refractivity contribution >= 4 is 50.4 Å². The average molecular weight is 613 g/mol. The van der Waals surface area contributed by atoms with Gasteiger partial charge >= 0.3 is 5.97 Å². The average Bonchev–Trinajstić information content (AvgIpc) is 3.39. The smallest absolute Gasteiger partial charge is 0.338 e. The second kappa shape index (κ2) is 10.5. The monoisotopic (exact) mass is 611 g/mol. The third kappa shape index (κ3) is 4.20. The van der Waals surface area contributed by atoms with Crippen LogP contribution < -0.4 is 29.3 Å². The van der Waals surface area contributed by atoms with Crippen LogP contribution in [0.2, 0.25) is 0 Å². The summed E-state index contributed by atoms with van der Waals surface area (Å²) >= 11 is 4.73. The van der Waals surface area contributed by atoms with Gasteiger partial charge in [0.1, 0.15) is 4.53 Å². The van der Waals surface area contributed by atoms with Gasteiger partial charge in [0.25, 0.3) is 11.5 Å². The molecule has 0 N–H and O–H groups in total. The Bertz CT molecular complexity index is 1740. The number of allylic oxidation sites excluding steroid dienone is 1. The molecule has 0 aliphatic carbocycles. The van der Waals surface area contributed by atoms with Gasteiger partial charge in [0.2, 0.25) is 0 Å². The highest BCUT2D eigenvalue weighted by Gasteiger charge is 2.38. The number of aromatic nitrogens is 1. The number of hydrogen-bond donors (Lipinski definition) is 0. The first-order valence-corrected chi connectivity index (χ1v) is 13.9. The summed E-state index contributed by atoms with van der Waals surface area (Å²) in [6.07, 6.45) is 0. The molecule has 2 aliphatic rings. The van der Waals surface area contributed by atoms with Crippen LogP contribution in [0.5, 0.6) is 11.5 Å². The van der Waals surface area contributed by atoms with Crippen molar-refractivity contribution in [3.05, 3.63) is 83.0 Å². The predicted octanol–water partition coefficient (Wildman–Crippen LogP) is 3.31. The first-order chi connectivity index (χ1) is 18.8. The molecular formula is C28H26BrN3O6S. The van der Waals surface area contributed by atoms with E-state index in [-0.39, 0.29) is 22.6 Å². The van der Waals surface area contributed by atoms with Crippen molar-refractivity contribution in [2.45, 2.75) is 26.8 Å². The van der Waals surface area contributed by atoms with Gasteiger partial charge in [-0.15, -0.1) is 0 Å². The lowest BCUT2D eigenvalue weighted by Crippen LogP contribution is -2.41. The number of likely N-dealkylation sites (N-methyl/N-ethyl adjacent to an activating group) is 1. The Morgan fingerprint density at radius 2 is 1.79 bits per heavy atom. The number of anilines is 1. The molecule has 0 spiro atoms. The summed E-state index contributed by atoms with van der Waals surface area (Å²) in [6, 6.07) is 9.97. The van der Waals surface area contributed by atoms with Gasteiger partial charge in [0.05, 0.1) is 49.4 Å². The van der Waals surface area contributed by atoms with Crippen molar-refractivity contribution in [2.24, 2.45) is 4.99 Å². The lowest BCUT2D eigenvalue weighted by Gasteiger charge is -2.26. The first-order valence-electron chi connectivity index (χ1n) is 12.3. The molecule has 1 atom stereocenters. The Kier molecular flexibility index (Phi) is 7.21. The maximum absolute atomic E-state index is 14.2. The first kappa shape index (κ1) is 26.9. The Morgan fingerprint density at radius 1 is 1.10 bits per heavy atom. The van der Waals surface area contributed by atoms with E-state index in [1.807, 2.05) is 31.2 Å². The molecule has 3 heterocycles. The number of halogens is 1. The van der Waals surface area contributed by atoms with Crippen molar-refractivity contribution in [3.8, 4) is 11.5 Å². The van der Waals surface area contributed by atoms with Crippen molar-refractivity contribution in [3.63, 3.8) is 0 Å². The minimum Gasteiger partial charge on any atom is -0.493 e. The summed E-state index contributed by atoms with van der Waals surface area (Å²) in [6.45, 7) is 5.94. The Labute approximate surface area is 236 Å². The van der Waals surface area contributed by atoms with Crippen LogP contribution in [0.1, 0.15) is 37.9 Å². The molecule has 39 heavy (non-hydrogen) atoms. The molecule has 0 bridgehead atoms. The van der Waals surface area contributed by atoms with E-state index >= 15 is 0 Å². The summed E-state index contributed by atoms with van der Waals surface area (Å²) in [5, 5.41) is 0. The van der Waals surface area contributed by atoms with Crippen LogP contribution in [0.25, 0.3) is 5.57 Å². The zero-order valence-corrected chi connectivity index (χ0v) is 24.4. The van der Waals surface area contributed by atoms with Crippen molar-refractivity contribution in [1.29, 1.82) is 0 Å². The number of thiazole rings is 1. The molecule has 2 aliphatic heterocycles. The van der Waals surface area contributed by atoms with Crippen LogP contribution in [-0.2, 0) is 14.3 Å². The van der Waals surface area contributed by atoms with Gasteiger partial charge in [-0.3, -0.25) is 14.2 Å². The maximum Gasteiger partial charge on any atom is 0.338 e. The van der Waals surface area contributed by atoms with Crippen LogP contribution in [0.15, 0.2) is 61.9 Å². The second-order valence-electron chi connectivity index (χ2n) is 8.79. The van der Waals surface area contributed by atoms with E-state index in [9.17, 15) is 14.4 Å². The number of amides is 1. The van der Waals surface area contributed by atoms with Crippen LogP contribution in [-0.4, -0.2) is 43.8 Å². The number of fused-ring (bicyclic) bond motifs is 2. The van der Waals surface area contributed by atoms with Crippen molar-refractivity contribution in [2.75, 3.05) is 32.3 Å². The van der Waals surface area contributed by atoms with E-state index in [4.69, 9.17) is 14.2 Å². The number of hydrogen-bond acceptors (Lipinski definition) is 8. The Hall–Kier alpha value is -3.70. The van der Waals surface area contributed by atoms with Gasteiger partial charge in [-0.05, 0) is 44.5 Å². The SMILES string of the molecule is CCOC(=O)C1=C(C)N=c2s/c(=C3/C(=O)N(CC)c4ccccc43)c(=O)n2[C@@H]1c1cc(OC)c(OC)cc1Br. The lowest BCUT2D eigenvalue weighted by molar-refractivity contribution is -0.139. The fourth-order valence-corrected chi connectivity index (χ4v) is 6.70. The third-order valence-corrected chi connectivity index (χ3v) is 8.50. The summed E-state index contributed by atoms with van der Waals surface area (Å²) in [4.78, 5) is 47.7. The zero-order chi connectivity index (χ0) is 28.0. The van der Waals surface area contributed by atoms with Gasteiger partial charge in [-0.2, -0.15) is 0 Å². The van der Waals surface area contributed by atoms with Gasteiger partial charge in [-0.1, -0.05) is 45.5 Å². The molecule has 0 fully saturated rings. The van der Waals surface area contributed by atoms with E-state index in [1.54, 1.807) is 30.9 Å². The summed E-state index contributed by atoms with van der Waals surface area (Å²) in [7, 11) is 3.04. The maximum atomic E-state index is 14.2. The molecule has 0 radical (unpaired) electrons. The topological polar surface area (TPSA) is 99.4 Å². The number of ether oxygens (including phenoxy) is 3. The van der Waals surface area contributed by atoms with E-state index in [1.165, 1.54) is 18.8 Å². The van der Waals surface area contributed by atoms with E-state index in [0.717, 1.165) is 17.0 Å². The molecule has 1 amide bonds. The fourth-order valence-electron chi connectivity index (χ4n) is 5.03. The molecule has 0 saturated carbocycles. The molecule has 11 heteroatoms. The van der Waals surface area contributed by atoms with Gasteiger partial charge in [-0.25, -0.2) is 9.79 Å². The summed E-state index contributed by atoms with van der Waals surface area (Å²) in [5.41, 5.74) is 2.59. The normalized spacial score (nSPS) is 17.5. The van der Waals surface area contributed by atoms with E-state index in [0.29, 0.717) is 49.7 Å². The highest BCUT2D eigenvalue weighted by Crippen LogP contribution is 2.41. The standard InChI is InChI=1S/C28H26BrN3O6S/c1-6-31-18-11-9-8-10-15(18)22(25(31)33)24-26(34)32-23(16-12-19(36-4)20(37-5)13-17(16)29)21(27(35)38-7-2)14(3)30-28(32)39-24/h8-13,23H,6-7H2,1-5H3/b24-22+/t23-/m1/s1. The highest BCUT2D eigenvalue weighted by molar-refractivity contribution is 9.10. The number of methoxy groups -OCH3 is 2. The summed E-state index contributed by atoms with van der Waals surface area (Å²) < 4.78 is 18.7. The van der Waals surface area contributed by atoms with Gasteiger partial charge < -0.3 is 19.1 Å². The number of benzene rings is 2. The number of esters is 1. The van der Waals surface area contributed by atoms with Crippen LogP contribution in [0, 0.1) is 0 Å². The quantitative estimate of drug-likeness (QED) is 0.397. The molecule has 1 aromatic heterocycles. The number of carbonyl (C=O) groups is 2. The zero-order valence-electron chi connectivity index (χ0n) is 22.0. The predicted molar refractivity (Wildman–Crippen MR) is 151 cm³/mol. The number of para-hydroxylation sites is 1. The molecule has 3 aromatic rings. The molecule has 0 saturated heterocycles. The molecule has 5 rings (SSSR count). The number of carbonyl (C=O) groups excluding carboxylic acids is 2. The van der Waals surface area contributed by atoms with Gasteiger partial charge in [0, 0.05) is 16.6 Å². The molecule has 9 nitrogen and oxygen atoms in total. The summed E-state index contributed by atoms with van der Waals surface area (Å²) in [5.74, 6) is 0.0860. The largest absolute Gasteiger partial charge is 0.493 e. The third-order valence-electron chi connectivity index (χ3n) is 6.76. The van der Waals surface area contributed by atoms with Crippen LogP contribution in [0.4, 0.5) is 5.69 Å². The second-order valence-corrected chi connectivity index (χ2v) is 10.6. The fraction of sp³-hybridized carbons (Fsp3) is 0.286. The Balaban J connectivity index is 1.86. The Morgan fingerprint density at radius 3 is 2.46 bits per heavy atom. The van der Waals surface area contributed by atoms with Crippen LogP contribution >= 0.6 is 27.3 Å². The van der Waals surface area contributed by atoms with E-state index in [2.05, 4.69) is 20.9 Å². The molecule has 2 aromatic carbocycles. The number of rotatable bonds is 6. The minimum absolute atomic E-state index is 0.155. The lowest BCUT2D eigenvalue weighted by atomic mass is 9.95. The van der Waals surface area contributed by atoms with Crippen molar-refractivity contribution in [1.82, 2.24) is 4.57 Å². The molecule has 202 valence electrons. The van der Waals surface area contributed by atoms with Crippen molar-refractivity contribution < 1.29 is 23.8 Å². The number of nitrogens with zero attached hydrogens (tertiary/aromatic N) is 3. The molecule has 0 unspecified atom stereocenters. The minimum atomic E-state index is -0.891. The highest BCUT2D eigenvalue weighted by atomic mass is 79.9. The van der Waals surface area contributed by atoms with E-state index < -0.39 is 17.6 Å². The van der Waals surface area contributed by atoms with Crippen LogP contribution in [0.3, 0.4) is 0 Å². The van der Waals surface area contributed by atoms with Gasteiger partial charge in [0.15, 0.2) is 16.3 Å². The molecular weight excluding hydrogens is 586 g/mol.